The van der Waals surface area contributed by atoms with Crippen molar-refractivity contribution in [2.75, 3.05) is 26.3 Å². The van der Waals surface area contributed by atoms with Crippen LogP contribution >= 0.6 is 0 Å². The van der Waals surface area contributed by atoms with Gasteiger partial charge in [0.2, 0.25) is 0 Å². The number of aromatic nitrogens is 3. The van der Waals surface area contributed by atoms with E-state index in [0.29, 0.717) is 11.4 Å². The molecule has 0 unspecified atom stereocenters. The van der Waals surface area contributed by atoms with Crippen molar-refractivity contribution in [3.8, 4) is 11.1 Å². The van der Waals surface area contributed by atoms with Crippen LogP contribution in [-0.2, 0) is 11.3 Å². The van der Waals surface area contributed by atoms with Gasteiger partial charge in [-0.1, -0.05) is 18.7 Å². The van der Waals surface area contributed by atoms with Gasteiger partial charge >= 0.3 is 0 Å². The lowest BCUT2D eigenvalue weighted by Gasteiger charge is -2.26. The first kappa shape index (κ1) is 21.6. The van der Waals surface area contributed by atoms with E-state index >= 15 is 0 Å². The van der Waals surface area contributed by atoms with Crippen LogP contribution in [0.15, 0.2) is 66.2 Å². The zero-order chi connectivity index (χ0) is 22.3. The van der Waals surface area contributed by atoms with Crippen molar-refractivity contribution in [1.82, 2.24) is 25.4 Å². The quantitative estimate of drug-likeness (QED) is 0.561. The smallest absolute Gasteiger partial charge is 0.276 e. The van der Waals surface area contributed by atoms with Gasteiger partial charge in [-0.3, -0.25) is 24.8 Å². The molecule has 0 atom stereocenters. The van der Waals surface area contributed by atoms with Gasteiger partial charge in [0.1, 0.15) is 0 Å². The maximum absolute atomic E-state index is 12.8. The van der Waals surface area contributed by atoms with Gasteiger partial charge in [-0.15, -0.1) is 0 Å². The first-order valence-corrected chi connectivity index (χ1v) is 10.5. The Kier molecular flexibility index (Phi) is 6.84. The fraction of sp³-hybridized carbons (Fsp3) is 0.250. The van der Waals surface area contributed by atoms with Crippen molar-refractivity contribution in [3.05, 3.63) is 72.5 Å². The number of allylic oxidation sites excluding steroid dienone is 2. The molecule has 1 aliphatic heterocycles. The second-order valence-corrected chi connectivity index (χ2v) is 7.60. The Morgan fingerprint density at radius 3 is 2.94 bits per heavy atom. The minimum absolute atomic E-state index is 0.296. The predicted molar refractivity (Wildman–Crippen MR) is 125 cm³/mol. The minimum atomic E-state index is -0.296. The van der Waals surface area contributed by atoms with Crippen molar-refractivity contribution in [3.63, 3.8) is 0 Å². The summed E-state index contributed by atoms with van der Waals surface area (Å²) in [5, 5.41) is 10.7. The summed E-state index contributed by atoms with van der Waals surface area (Å²) in [4.78, 5) is 23.6. The Morgan fingerprint density at radius 2 is 2.12 bits per heavy atom. The number of hydrogen-bond donors (Lipinski definition) is 2. The summed E-state index contributed by atoms with van der Waals surface area (Å²) >= 11 is 0. The molecule has 1 saturated heterocycles. The van der Waals surface area contributed by atoms with E-state index in [1.807, 2.05) is 30.6 Å². The molecule has 164 valence electrons. The summed E-state index contributed by atoms with van der Waals surface area (Å²) in [6.07, 6.45) is 8.42. The molecule has 8 nitrogen and oxygen atoms in total. The lowest BCUT2D eigenvalue weighted by molar-refractivity contribution is 0.0341. The molecule has 1 aromatic carbocycles. The van der Waals surface area contributed by atoms with Gasteiger partial charge in [-0.2, -0.15) is 5.10 Å². The summed E-state index contributed by atoms with van der Waals surface area (Å²) in [6, 6.07) is 8.05. The van der Waals surface area contributed by atoms with Crippen molar-refractivity contribution in [1.29, 1.82) is 0 Å². The highest BCUT2D eigenvalue weighted by Gasteiger charge is 2.16. The van der Waals surface area contributed by atoms with Gasteiger partial charge in [0.15, 0.2) is 5.69 Å². The third-order valence-corrected chi connectivity index (χ3v) is 5.19. The zero-order valence-corrected chi connectivity index (χ0v) is 18.0. The number of fused-ring (bicyclic) bond motifs is 1. The van der Waals surface area contributed by atoms with E-state index in [1.165, 1.54) is 0 Å². The number of carbonyl (C=O) groups is 1. The van der Waals surface area contributed by atoms with Gasteiger partial charge in [0.25, 0.3) is 5.91 Å². The molecule has 0 aliphatic carbocycles. The van der Waals surface area contributed by atoms with Crippen molar-refractivity contribution >= 4 is 23.0 Å². The Balaban J connectivity index is 1.56. The number of amides is 1. The molecule has 2 aromatic heterocycles. The van der Waals surface area contributed by atoms with Gasteiger partial charge < -0.3 is 10.1 Å². The molecule has 4 rings (SSSR count). The highest BCUT2D eigenvalue weighted by Crippen LogP contribution is 2.26. The van der Waals surface area contributed by atoms with E-state index in [2.05, 4.69) is 43.0 Å². The Bertz CT molecular complexity index is 1170. The Labute approximate surface area is 186 Å². The third-order valence-electron chi connectivity index (χ3n) is 5.19. The van der Waals surface area contributed by atoms with Crippen molar-refractivity contribution in [2.24, 2.45) is 4.99 Å². The number of aromatic amines is 1. The number of ether oxygens (including phenoxy) is 1. The van der Waals surface area contributed by atoms with Crippen LogP contribution in [0.5, 0.6) is 0 Å². The average molecular weight is 431 g/mol. The zero-order valence-electron chi connectivity index (χ0n) is 18.0. The molecule has 3 aromatic rings. The molecular formula is C24H26N6O2. The van der Waals surface area contributed by atoms with E-state index in [0.717, 1.165) is 60.4 Å². The van der Waals surface area contributed by atoms with Gasteiger partial charge in [-0.05, 0) is 36.2 Å². The molecule has 0 spiro atoms. The summed E-state index contributed by atoms with van der Waals surface area (Å²) < 4.78 is 5.43. The number of rotatable bonds is 7. The molecule has 32 heavy (non-hydrogen) atoms. The second-order valence-electron chi connectivity index (χ2n) is 7.60. The first-order valence-electron chi connectivity index (χ1n) is 10.5. The van der Waals surface area contributed by atoms with Crippen LogP contribution in [0.4, 0.5) is 0 Å². The molecular weight excluding hydrogens is 404 g/mol. The lowest BCUT2D eigenvalue weighted by Crippen LogP contribution is -2.35. The maximum atomic E-state index is 12.8. The first-order chi connectivity index (χ1) is 15.6. The molecule has 1 fully saturated rings. The molecule has 2 N–H and O–H groups in total. The van der Waals surface area contributed by atoms with E-state index in [9.17, 15) is 4.79 Å². The molecule has 8 heteroatoms. The second kappa shape index (κ2) is 10.1. The number of pyridine rings is 1. The van der Waals surface area contributed by atoms with Crippen LogP contribution in [0.25, 0.3) is 22.0 Å². The number of benzene rings is 1. The molecule has 0 bridgehead atoms. The number of hydrogen-bond acceptors (Lipinski definition) is 6. The fourth-order valence-electron chi connectivity index (χ4n) is 3.60. The Hall–Kier alpha value is -3.62. The van der Waals surface area contributed by atoms with Crippen LogP contribution in [0.3, 0.4) is 0 Å². The van der Waals surface area contributed by atoms with E-state index in [4.69, 9.17) is 4.74 Å². The van der Waals surface area contributed by atoms with E-state index < -0.39 is 0 Å². The summed E-state index contributed by atoms with van der Waals surface area (Å²) in [6.45, 7) is 9.57. The molecule has 0 radical (unpaired) electrons. The number of morpholine rings is 1. The van der Waals surface area contributed by atoms with Crippen molar-refractivity contribution < 1.29 is 9.53 Å². The molecule has 1 amide bonds. The molecule has 3 heterocycles. The van der Waals surface area contributed by atoms with Gasteiger partial charge in [0.05, 0.1) is 18.7 Å². The van der Waals surface area contributed by atoms with Crippen molar-refractivity contribution in [2.45, 2.75) is 13.5 Å². The number of carbonyl (C=O) groups excluding carboxylic acids is 1. The minimum Gasteiger partial charge on any atom is -0.379 e. The highest BCUT2D eigenvalue weighted by molar-refractivity contribution is 6.06. The monoisotopic (exact) mass is 430 g/mol. The standard InChI is InChI=1S/C24H26N6O2/c1-3-6-25-13-17(2)27-24(31)23-21-12-19(4-5-22(21)28-29-23)20-11-18(14-26-15-20)16-30-7-9-32-10-8-30/h3-6,11-15H,1,7-10,16H2,2H3,(H,27,31)(H,28,29)/b17-13+,25-6-. The predicted octanol–water partition coefficient (Wildman–Crippen LogP) is 3.31. The van der Waals surface area contributed by atoms with E-state index in [1.54, 1.807) is 25.4 Å². The molecule has 1 aliphatic rings. The highest BCUT2D eigenvalue weighted by atomic mass is 16.5. The normalized spacial score (nSPS) is 15.3. The fourth-order valence-corrected chi connectivity index (χ4v) is 3.60. The number of nitrogens with one attached hydrogen (secondary N) is 2. The number of nitrogens with zero attached hydrogens (tertiary/aromatic N) is 4. The summed E-state index contributed by atoms with van der Waals surface area (Å²) in [5.74, 6) is -0.296. The SMILES string of the molecule is C=C/C=N\C=C(/C)NC(=O)c1n[nH]c2ccc(-c3cncc(CN4CCOCC4)c3)cc12. The largest absolute Gasteiger partial charge is 0.379 e. The summed E-state index contributed by atoms with van der Waals surface area (Å²) in [5.41, 5.74) is 4.87. The Morgan fingerprint density at radius 1 is 1.28 bits per heavy atom. The van der Waals surface area contributed by atoms with Crippen LogP contribution < -0.4 is 5.32 Å². The van der Waals surface area contributed by atoms with Crippen LogP contribution in [-0.4, -0.2) is 58.5 Å². The molecule has 0 saturated carbocycles. The summed E-state index contributed by atoms with van der Waals surface area (Å²) in [7, 11) is 0. The lowest BCUT2D eigenvalue weighted by atomic mass is 10.0. The average Bonchev–Trinajstić information content (AvgIpc) is 3.23. The van der Waals surface area contributed by atoms with Crippen LogP contribution in [0.2, 0.25) is 0 Å². The topological polar surface area (TPSA) is 95.5 Å². The van der Waals surface area contributed by atoms with Crippen LogP contribution in [0.1, 0.15) is 23.0 Å². The number of H-pyrrole nitrogens is 1. The van der Waals surface area contributed by atoms with Gasteiger partial charge in [-0.25, -0.2) is 0 Å². The van der Waals surface area contributed by atoms with Gasteiger partial charge in [0, 0.05) is 61.1 Å². The van der Waals surface area contributed by atoms with E-state index in [-0.39, 0.29) is 5.91 Å². The maximum Gasteiger partial charge on any atom is 0.276 e. The van der Waals surface area contributed by atoms with Crippen LogP contribution in [0, 0.1) is 0 Å². The number of aliphatic imine (C=N–C) groups is 1. The third kappa shape index (κ3) is 5.16.